The van der Waals surface area contributed by atoms with Crippen LogP contribution >= 0.6 is 23.2 Å². The van der Waals surface area contributed by atoms with E-state index in [0.29, 0.717) is 5.56 Å². The van der Waals surface area contributed by atoms with E-state index < -0.39 is 17.2 Å². The van der Waals surface area contributed by atoms with E-state index in [4.69, 9.17) is 27.9 Å². The topological polar surface area (TPSA) is 26.3 Å². The molecule has 0 saturated carbocycles. The van der Waals surface area contributed by atoms with E-state index in [-0.39, 0.29) is 17.2 Å². The zero-order chi connectivity index (χ0) is 12.3. The van der Waals surface area contributed by atoms with Crippen molar-refractivity contribution in [2.24, 2.45) is 0 Å². The second kappa shape index (κ2) is 5.51. The van der Waals surface area contributed by atoms with Gasteiger partial charge in [-0.05, 0) is 31.5 Å². The molecule has 1 aromatic carbocycles. The van der Waals surface area contributed by atoms with Crippen molar-refractivity contribution in [1.29, 1.82) is 0 Å². The standard InChI is InChI=1S/C11H11Cl2FO2/c1-3-16-11(15)10(13)7-5-9(14)6(2)4-8(7)12/h4-5,10H,3H2,1-2H3. The molecular weight excluding hydrogens is 254 g/mol. The summed E-state index contributed by atoms with van der Waals surface area (Å²) in [5.74, 6) is -1.08. The summed E-state index contributed by atoms with van der Waals surface area (Å²) in [6.07, 6.45) is 0. The maximum Gasteiger partial charge on any atom is 0.328 e. The molecule has 0 radical (unpaired) electrons. The van der Waals surface area contributed by atoms with Crippen LogP contribution in [-0.2, 0) is 9.53 Å². The fourth-order valence-electron chi connectivity index (χ4n) is 1.20. The number of esters is 1. The Balaban J connectivity index is 3.04. The molecule has 0 heterocycles. The number of benzene rings is 1. The van der Waals surface area contributed by atoms with Crippen LogP contribution in [0.4, 0.5) is 4.39 Å². The summed E-state index contributed by atoms with van der Waals surface area (Å²) in [4.78, 5) is 11.4. The van der Waals surface area contributed by atoms with E-state index >= 15 is 0 Å². The van der Waals surface area contributed by atoms with Crippen molar-refractivity contribution < 1.29 is 13.9 Å². The Morgan fingerprint density at radius 2 is 2.19 bits per heavy atom. The van der Waals surface area contributed by atoms with Crippen LogP contribution in [0.1, 0.15) is 23.4 Å². The van der Waals surface area contributed by atoms with Gasteiger partial charge in [0.2, 0.25) is 0 Å². The molecule has 1 atom stereocenters. The molecule has 0 fully saturated rings. The van der Waals surface area contributed by atoms with Crippen molar-refractivity contribution >= 4 is 29.2 Å². The SMILES string of the molecule is CCOC(=O)C(Cl)c1cc(F)c(C)cc1Cl. The normalized spacial score (nSPS) is 12.3. The van der Waals surface area contributed by atoms with Gasteiger partial charge in [-0.25, -0.2) is 4.39 Å². The Morgan fingerprint density at radius 3 is 2.75 bits per heavy atom. The summed E-state index contributed by atoms with van der Waals surface area (Å²) in [6, 6.07) is 2.59. The molecule has 1 unspecified atom stereocenters. The molecule has 88 valence electrons. The number of carbonyl (C=O) groups excluding carboxylic acids is 1. The summed E-state index contributed by atoms with van der Waals surface area (Å²) >= 11 is 11.7. The van der Waals surface area contributed by atoms with Crippen LogP contribution in [0.3, 0.4) is 0 Å². The Labute approximate surface area is 103 Å². The highest BCUT2D eigenvalue weighted by molar-refractivity contribution is 6.35. The lowest BCUT2D eigenvalue weighted by molar-refractivity contribution is -0.142. The fraction of sp³-hybridized carbons (Fsp3) is 0.364. The molecule has 0 spiro atoms. The van der Waals surface area contributed by atoms with Gasteiger partial charge in [-0.2, -0.15) is 0 Å². The smallest absolute Gasteiger partial charge is 0.328 e. The molecule has 2 nitrogen and oxygen atoms in total. The molecular formula is C11H11Cl2FO2. The minimum Gasteiger partial charge on any atom is -0.465 e. The van der Waals surface area contributed by atoms with Crippen LogP contribution in [0.5, 0.6) is 0 Å². The van der Waals surface area contributed by atoms with E-state index in [0.717, 1.165) is 6.07 Å². The first-order valence-electron chi connectivity index (χ1n) is 4.73. The number of hydrogen-bond donors (Lipinski definition) is 0. The third-order valence-electron chi connectivity index (χ3n) is 2.04. The lowest BCUT2D eigenvalue weighted by atomic mass is 10.1. The first-order valence-corrected chi connectivity index (χ1v) is 5.55. The third-order valence-corrected chi connectivity index (χ3v) is 2.79. The molecule has 0 N–H and O–H groups in total. The average molecular weight is 265 g/mol. The van der Waals surface area contributed by atoms with Gasteiger partial charge >= 0.3 is 5.97 Å². The summed E-state index contributed by atoms with van der Waals surface area (Å²) in [7, 11) is 0. The number of carbonyl (C=O) groups is 1. The van der Waals surface area contributed by atoms with Crippen LogP contribution < -0.4 is 0 Å². The fourth-order valence-corrected chi connectivity index (χ4v) is 1.82. The zero-order valence-electron chi connectivity index (χ0n) is 8.89. The van der Waals surface area contributed by atoms with Crippen molar-refractivity contribution in [2.45, 2.75) is 19.2 Å². The van der Waals surface area contributed by atoms with E-state index in [1.165, 1.54) is 6.07 Å². The van der Waals surface area contributed by atoms with Gasteiger partial charge in [0.25, 0.3) is 0 Å². The quantitative estimate of drug-likeness (QED) is 0.616. The van der Waals surface area contributed by atoms with E-state index in [9.17, 15) is 9.18 Å². The molecule has 1 aromatic rings. The van der Waals surface area contributed by atoms with Crippen molar-refractivity contribution in [3.05, 3.63) is 34.1 Å². The van der Waals surface area contributed by atoms with Gasteiger partial charge < -0.3 is 4.74 Å². The van der Waals surface area contributed by atoms with Gasteiger partial charge in [0.05, 0.1) is 6.61 Å². The van der Waals surface area contributed by atoms with Crippen LogP contribution in [0.15, 0.2) is 12.1 Å². The van der Waals surface area contributed by atoms with Crippen molar-refractivity contribution in [3.8, 4) is 0 Å². The van der Waals surface area contributed by atoms with Crippen LogP contribution in [0.25, 0.3) is 0 Å². The summed E-state index contributed by atoms with van der Waals surface area (Å²) < 4.78 is 18.0. The van der Waals surface area contributed by atoms with E-state index in [1.54, 1.807) is 13.8 Å². The molecule has 0 aliphatic heterocycles. The van der Waals surface area contributed by atoms with Crippen molar-refractivity contribution in [1.82, 2.24) is 0 Å². The summed E-state index contributed by atoms with van der Waals surface area (Å²) in [5, 5.41) is -0.825. The van der Waals surface area contributed by atoms with Gasteiger partial charge in [-0.3, -0.25) is 4.79 Å². The third kappa shape index (κ3) is 2.86. The molecule has 1 rings (SSSR count). The summed E-state index contributed by atoms with van der Waals surface area (Å²) in [5.41, 5.74) is 0.631. The molecule has 0 aliphatic carbocycles. The minimum absolute atomic E-state index is 0.216. The molecule has 5 heteroatoms. The lowest BCUT2D eigenvalue weighted by Crippen LogP contribution is -2.12. The number of alkyl halides is 1. The first-order chi connectivity index (χ1) is 7.47. The minimum atomic E-state index is -1.08. The number of ether oxygens (including phenoxy) is 1. The summed E-state index contributed by atoms with van der Waals surface area (Å²) in [6.45, 7) is 3.46. The van der Waals surface area contributed by atoms with Crippen LogP contribution in [0.2, 0.25) is 5.02 Å². The van der Waals surface area contributed by atoms with Gasteiger partial charge in [0, 0.05) is 10.6 Å². The number of aryl methyl sites for hydroxylation is 1. The highest BCUT2D eigenvalue weighted by Crippen LogP contribution is 2.30. The second-order valence-electron chi connectivity index (χ2n) is 3.24. The molecule has 16 heavy (non-hydrogen) atoms. The number of halogens is 3. The molecule has 0 aromatic heterocycles. The molecule has 0 bridgehead atoms. The van der Waals surface area contributed by atoms with Crippen molar-refractivity contribution in [3.63, 3.8) is 0 Å². The highest BCUT2D eigenvalue weighted by atomic mass is 35.5. The second-order valence-corrected chi connectivity index (χ2v) is 4.08. The van der Waals surface area contributed by atoms with Gasteiger partial charge in [0.15, 0.2) is 5.38 Å². The van der Waals surface area contributed by atoms with Gasteiger partial charge in [0.1, 0.15) is 5.82 Å². The first kappa shape index (κ1) is 13.3. The van der Waals surface area contributed by atoms with Crippen molar-refractivity contribution in [2.75, 3.05) is 6.61 Å². The maximum absolute atomic E-state index is 13.3. The monoisotopic (exact) mass is 264 g/mol. The van der Waals surface area contributed by atoms with E-state index in [1.807, 2.05) is 0 Å². The highest BCUT2D eigenvalue weighted by Gasteiger charge is 2.22. The van der Waals surface area contributed by atoms with Gasteiger partial charge in [-0.15, -0.1) is 11.6 Å². The number of hydrogen-bond acceptors (Lipinski definition) is 2. The molecule has 0 saturated heterocycles. The predicted octanol–water partition coefficient (Wildman–Crippen LogP) is 3.63. The van der Waals surface area contributed by atoms with Crippen LogP contribution in [-0.4, -0.2) is 12.6 Å². The molecule has 0 aliphatic rings. The van der Waals surface area contributed by atoms with E-state index in [2.05, 4.69) is 0 Å². The Kier molecular flexibility index (Phi) is 4.56. The Hall–Kier alpha value is -0.800. The Morgan fingerprint density at radius 1 is 1.56 bits per heavy atom. The molecule has 0 amide bonds. The number of rotatable bonds is 3. The lowest BCUT2D eigenvalue weighted by Gasteiger charge is -2.11. The van der Waals surface area contributed by atoms with Crippen LogP contribution in [0, 0.1) is 12.7 Å². The largest absolute Gasteiger partial charge is 0.465 e. The predicted molar refractivity (Wildman–Crippen MR) is 61.4 cm³/mol. The Bertz CT molecular complexity index is 407. The van der Waals surface area contributed by atoms with Gasteiger partial charge in [-0.1, -0.05) is 11.6 Å². The zero-order valence-corrected chi connectivity index (χ0v) is 10.4. The average Bonchev–Trinajstić information content (AvgIpc) is 2.23. The maximum atomic E-state index is 13.3.